The van der Waals surface area contributed by atoms with Crippen molar-refractivity contribution in [1.82, 2.24) is 24.9 Å². The molecule has 1 atom stereocenters. The molecule has 1 unspecified atom stereocenters. The Balaban J connectivity index is 1.87. The van der Waals surface area contributed by atoms with Gasteiger partial charge in [-0.2, -0.15) is 14.6 Å². The summed E-state index contributed by atoms with van der Waals surface area (Å²) in [5.74, 6) is 1.59. The summed E-state index contributed by atoms with van der Waals surface area (Å²) in [7, 11) is 0. The fourth-order valence-electron chi connectivity index (χ4n) is 2.21. The molecule has 100 valence electrons. The quantitative estimate of drug-likeness (QED) is 0.833. The van der Waals surface area contributed by atoms with Crippen molar-refractivity contribution in [2.45, 2.75) is 32.2 Å². The maximum absolute atomic E-state index is 11.2. The summed E-state index contributed by atoms with van der Waals surface area (Å²) < 4.78 is 1.69. The highest BCUT2D eigenvalue weighted by Crippen LogP contribution is 2.15. The Kier molecular flexibility index (Phi) is 3.02. The van der Waals surface area contributed by atoms with E-state index in [1.54, 1.807) is 4.52 Å². The van der Waals surface area contributed by atoms with Gasteiger partial charge in [-0.1, -0.05) is 6.92 Å². The van der Waals surface area contributed by atoms with Crippen LogP contribution in [-0.4, -0.2) is 38.1 Å². The van der Waals surface area contributed by atoms with E-state index in [4.69, 9.17) is 0 Å². The van der Waals surface area contributed by atoms with Crippen molar-refractivity contribution in [3.63, 3.8) is 0 Å². The van der Waals surface area contributed by atoms with E-state index in [1.165, 1.54) is 6.33 Å². The molecule has 0 spiro atoms. The Morgan fingerprint density at radius 1 is 1.58 bits per heavy atom. The van der Waals surface area contributed by atoms with Crippen LogP contribution in [0.2, 0.25) is 0 Å². The van der Waals surface area contributed by atoms with Crippen molar-refractivity contribution in [3.8, 4) is 0 Å². The van der Waals surface area contributed by atoms with E-state index in [9.17, 15) is 4.79 Å². The van der Waals surface area contributed by atoms with Gasteiger partial charge in [0.2, 0.25) is 5.91 Å². The van der Waals surface area contributed by atoms with E-state index in [0.29, 0.717) is 18.7 Å². The third kappa shape index (κ3) is 2.35. The highest BCUT2D eigenvalue weighted by atomic mass is 16.1. The lowest BCUT2D eigenvalue weighted by atomic mass is 10.1. The van der Waals surface area contributed by atoms with Crippen LogP contribution < -0.4 is 10.6 Å². The topological polar surface area (TPSA) is 84.2 Å². The molecule has 3 rings (SSSR count). The van der Waals surface area contributed by atoms with Gasteiger partial charge < -0.3 is 10.6 Å². The molecule has 0 aromatic carbocycles. The number of aromatic nitrogens is 4. The Hall–Kier alpha value is -2.18. The molecule has 1 aliphatic rings. The van der Waals surface area contributed by atoms with Gasteiger partial charge in [0, 0.05) is 30.8 Å². The molecule has 1 amide bonds. The monoisotopic (exact) mass is 260 g/mol. The Labute approximate surface area is 110 Å². The summed E-state index contributed by atoms with van der Waals surface area (Å²) in [5.41, 5.74) is 0.975. The Morgan fingerprint density at radius 2 is 2.47 bits per heavy atom. The number of aryl methyl sites for hydroxylation is 1. The molecule has 0 radical (unpaired) electrons. The van der Waals surface area contributed by atoms with Gasteiger partial charge in [0.05, 0.1) is 0 Å². The number of hydrogen-bond acceptors (Lipinski definition) is 5. The molecule has 1 aliphatic heterocycles. The number of carbonyl (C=O) groups is 1. The first-order valence-corrected chi connectivity index (χ1v) is 6.49. The van der Waals surface area contributed by atoms with Crippen molar-refractivity contribution in [1.29, 1.82) is 0 Å². The van der Waals surface area contributed by atoms with Crippen LogP contribution in [0.15, 0.2) is 12.4 Å². The zero-order valence-corrected chi connectivity index (χ0v) is 10.8. The lowest BCUT2D eigenvalue weighted by Gasteiger charge is -2.24. The third-order valence-corrected chi connectivity index (χ3v) is 3.28. The molecule has 2 aromatic heterocycles. The first-order chi connectivity index (χ1) is 9.26. The van der Waals surface area contributed by atoms with E-state index in [1.807, 2.05) is 6.07 Å². The molecule has 0 aliphatic carbocycles. The molecule has 7 heteroatoms. The zero-order chi connectivity index (χ0) is 13.2. The van der Waals surface area contributed by atoms with Crippen molar-refractivity contribution >= 4 is 17.5 Å². The second-order valence-electron chi connectivity index (χ2n) is 4.64. The molecule has 0 bridgehead atoms. The summed E-state index contributed by atoms with van der Waals surface area (Å²) in [6.45, 7) is 2.69. The van der Waals surface area contributed by atoms with Crippen molar-refractivity contribution in [2.24, 2.45) is 0 Å². The number of hydrogen-bond donors (Lipinski definition) is 2. The maximum Gasteiger partial charge on any atom is 0.254 e. The van der Waals surface area contributed by atoms with Gasteiger partial charge in [-0.25, -0.2) is 4.98 Å². The number of piperidine rings is 1. The SMILES string of the molecule is CCc1cc(NC2CCC(=O)NC2)n2ncnc2n1. The molecule has 0 saturated carbocycles. The fraction of sp³-hybridized carbons (Fsp3) is 0.500. The average molecular weight is 260 g/mol. The number of rotatable bonds is 3. The molecular formula is C12H16N6O. The summed E-state index contributed by atoms with van der Waals surface area (Å²) in [5, 5.41) is 10.4. The second-order valence-corrected chi connectivity index (χ2v) is 4.64. The van der Waals surface area contributed by atoms with Crippen molar-refractivity contribution < 1.29 is 4.79 Å². The van der Waals surface area contributed by atoms with Crippen molar-refractivity contribution in [2.75, 3.05) is 11.9 Å². The number of anilines is 1. The first kappa shape index (κ1) is 11.9. The van der Waals surface area contributed by atoms with E-state index < -0.39 is 0 Å². The summed E-state index contributed by atoms with van der Waals surface area (Å²) in [6, 6.07) is 2.20. The lowest BCUT2D eigenvalue weighted by molar-refractivity contribution is -0.122. The summed E-state index contributed by atoms with van der Waals surface area (Å²) >= 11 is 0. The highest BCUT2D eigenvalue weighted by molar-refractivity contribution is 5.77. The largest absolute Gasteiger partial charge is 0.365 e. The molecule has 1 saturated heterocycles. The number of carbonyl (C=O) groups excluding carboxylic acids is 1. The molecule has 7 nitrogen and oxygen atoms in total. The van der Waals surface area contributed by atoms with E-state index in [0.717, 1.165) is 24.4 Å². The zero-order valence-electron chi connectivity index (χ0n) is 10.8. The molecular weight excluding hydrogens is 244 g/mol. The maximum atomic E-state index is 11.2. The van der Waals surface area contributed by atoms with Crippen LogP contribution >= 0.6 is 0 Å². The Morgan fingerprint density at radius 3 is 3.21 bits per heavy atom. The van der Waals surface area contributed by atoms with E-state index in [2.05, 4.69) is 32.6 Å². The number of fused-ring (bicyclic) bond motifs is 1. The van der Waals surface area contributed by atoms with Crippen LogP contribution in [0.4, 0.5) is 5.82 Å². The van der Waals surface area contributed by atoms with Crippen LogP contribution in [0.25, 0.3) is 5.78 Å². The minimum Gasteiger partial charge on any atom is -0.365 e. The van der Waals surface area contributed by atoms with Crippen LogP contribution in [0.3, 0.4) is 0 Å². The minimum absolute atomic E-state index is 0.118. The van der Waals surface area contributed by atoms with Gasteiger partial charge in [0.15, 0.2) is 0 Å². The molecule has 19 heavy (non-hydrogen) atoms. The van der Waals surface area contributed by atoms with Crippen molar-refractivity contribution in [3.05, 3.63) is 18.1 Å². The smallest absolute Gasteiger partial charge is 0.254 e. The second kappa shape index (κ2) is 4.83. The molecule has 1 fully saturated rings. The van der Waals surface area contributed by atoms with Crippen LogP contribution in [0, 0.1) is 0 Å². The van der Waals surface area contributed by atoms with Gasteiger partial charge in [-0.15, -0.1) is 0 Å². The predicted octanol–water partition coefficient (Wildman–Crippen LogP) is 0.377. The summed E-state index contributed by atoms with van der Waals surface area (Å²) in [6.07, 6.45) is 3.73. The standard InChI is InChI=1S/C12H16N6O/c1-2-8-5-10(18-12(17-8)14-7-15-18)16-9-3-4-11(19)13-6-9/h5,7,9,16H,2-4,6H2,1H3,(H,13,19). The minimum atomic E-state index is 0.118. The fourth-order valence-corrected chi connectivity index (χ4v) is 2.21. The molecule has 2 N–H and O–H groups in total. The lowest BCUT2D eigenvalue weighted by Crippen LogP contribution is -2.42. The van der Waals surface area contributed by atoms with Gasteiger partial charge in [-0.3, -0.25) is 4.79 Å². The average Bonchev–Trinajstić information content (AvgIpc) is 2.89. The number of nitrogens with zero attached hydrogens (tertiary/aromatic N) is 4. The van der Waals surface area contributed by atoms with E-state index >= 15 is 0 Å². The number of amides is 1. The van der Waals surface area contributed by atoms with E-state index in [-0.39, 0.29) is 11.9 Å². The predicted molar refractivity (Wildman–Crippen MR) is 69.8 cm³/mol. The summed E-state index contributed by atoms with van der Waals surface area (Å²) in [4.78, 5) is 19.7. The first-order valence-electron chi connectivity index (χ1n) is 6.49. The van der Waals surface area contributed by atoms with Gasteiger partial charge >= 0.3 is 0 Å². The van der Waals surface area contributed by atoms with Gasteiger partial charge in [0.1, 0.15) is 12.1 Å². The van der Waals surface area contributed by atoms with Crippen LogP contribution in [-0.2, 0) is 11.2 Å². The van der Waals surface area contributed by atoms with Gasteiger partial charge in [0.25, 0.3) is 5.78 Å². The molecule has 2 aromatic rings. The van der Waals surface area contributed by atoms with Gasteiger partial charge in [-0.05, 0) is 12.8 Å². The third-order valence-electron chi connectivity index (χ3n) is 3.28. The number of nitrogens with one attached hydrogen (secondary N) is 2. The van der Waals surface area contributed by atoms with Crippen LogP contribution in [0.1, 0.15) is 25.5 Å². The normalized spacial score (nSPS) is 19.4. The molecule has 3 heterocycles. The highest BCUT2D eigenvalue weighted by Gasteiger charge is 2.19. The van der Waals surface area contributed by atoms with Crippen LogP contribution in [0.5, 0.6) is 0 Å². The Bertz CT molecular complexity index is 597.